The van der Waals surface area contributed by atoms with E-state index < -0.39 is 45.3 Å². The quantitative estimate of drug-likeness (QED) is 0.558. The van der Waals surface area contributed by atoms with Crippen molar-refractivity contribution in [1.82, 2.24) is 0 Å². The van der Waals surface area contributed by atoms with E-state index in [1.54, 1.807) is 13.0 Å². The van der Waals surface area contributed by atoms with Crippen molar-refractivity contribution in [3.05, 3.63) is 23.8 Å². The normalized spacial score (nSPS) is 45.4. The topological polar surface area (TPSA) is 138 Å². The molecule has 0 aromatic rings. The van der Waals surface area contributed by atoms with Gasteiger partial charge in [-0.05, 0) is 56.1 Å². The summed E-state index contributed by atoms with van der Waals surface area (Å²) >= 11 is 0. The first kappa shape index (κ1) is 21.8. The Labute approximate surface area is 175 Å². The zero-order valence-corrected chi connectivity index (χ0v) is 17.9. The molecule has 0 bridgehead atoms. The summed E-state index contributed by atoms with van der Waals surface area (Å²) in [6.07, 6.45) is 6.13. The summed E-state index contributed by atoms with van der Waals surface area (Å²) in [5.74, 6) is -1.23. The summed E-state index contributed by atoms with van der Waals surface area (Å²) in [4.78, 5) is 24.7. The number of carbonyl (C=O) groups is 2. The smallest absolute Gasteiger partial charge is 0.393 e. The van der Waals surface area contributed by atoms with Crippen LogP contribution in [0.5, 0.6) is 0 Å². The van der Waals surface area contributed by atoms with E-state index in [9.17, 15) is 32.8 Å². The standard InChI is InChI=1S/C21H28O8S/c1-19-7-5-13(23)9-12(19)3-4-14-15-6-8-21(17(25)11-22,29-30(26,27)28)20(15,2)10-16(24)18(14)19/h5,7,9,14-16,18,22,24H,3-4,6,8,10-11H2,1-2H3,(H,26,27,28)/t14-,15-,16-,18+,19-,20-,21-/m0/s1. The van der Waals surface area contributed by atoms with Crippen LogP contribution in [0.1, 0.15) is 46.0 Å². The highest BCUT2D eigenvalue weighted by molar-refractivity contribution is 7.81. The molecule has 0 unspecified atom stereocenters. The fourth-order valence-corrected chi connectivity index (χ4v) is 7.99. The van der Waals surface area contributed by atoms with Gasteiger partial charge in [0.25, 0.3) is 0 Å². The molecule has 0 aromatic heterocycles. The first-order valence-electron chi connectivity index (χ1n) is 10.3. The summed E-state index contributed by atoms with van der Waals surface area (Å²) < 4.78 is 37.7. The largest absolute Gasteiger partial charge is 0.398 e. The molecular weight excluding hydrogens is 412 g/mol. The lowest BCUT2D eigenvalue weighted by molar-refractivity contribution is -0.172. The first-order valence-corrected chi connectivity index (χ1v) is 11.7. The summed E-state index contributed by atoms with van der Waals surface area (Å²) in [6.45, 7) is 2.81. The molecule has 166 valence electrons. The molecule has 4 aliphatic carbocycles. The number of carbonyl (C=O) groups excluding carboxylic acids is 2. The minimum Gasteiger partial charge on any atom is -0.393 e. The second-order valence-corrected chi connectivity index (χ2v) is 10.7. The highest BCUT2D eigenvalue weighted by Crippen LogP contribution is 2.68. The number of hydrogen-bond acceptors (Lipinski definition) is 7. The number of Topliss-reactive ketones (excluding diaryl/α,β-unsaturated/α-hetero) is 1. The van der Waals surface area contributed by atoms with Crippen LogP contribution in [-0.4, -0.2) is 53.1 Å². The highest BCUT2D eigenvalue weighted by atomic mass is 32.3. The Morgan fingerprint density at radius 1 is 1.30 bits per heavy atom. The van der Waals surface area contributed by atoms with Crippen molar-refractivity contribution < 1.29 is 37.0 Å². The van der Waals surface area contributed by atoms with E-state index in [0.29, 0.717) is 19.3 Å². The zero-order valence-electron chi connectivity index (χ0n) is 17.1. The molecule has 0 saturated heterocycles. The van der Waals surface area contributed by atoms with Crippen LogP contribution in [0.4, 0.5) is 0 Å². The average molecular weight is 441 g/mol. The molecule has 0 spiro atoms. The van der Waals surface area contributed by atoms with E-state index in [1.165, 1.54) is 6.08 Å². The zero-order chi connectivity index (χ0) is 22.1. The lowest BCUT2D eigenvalue weighted by Gasteiger charge is -2.59. The van der Waals surface area contributed by atoms with Gasteiger partial charge in [-0.1, -0.05) is 25.5 Å². The molecule has 3 saturated carbocycles. The Balaban J connectivity index is 1.79. The fourth-order valence-electron chi connectivity index (χ4n) is 7.26. The Kier molecular flexibility index (Phi) is 4.95. The molecule has 0 aromatic carbocycles. The molecule has 7 atom stereocenters. The average Bonchev–Trinajstić information content (AvgIpc) is 2.92. The molecule has 0 aliphatic heterocycles. The molecule has 9 heteroatoms. The lowest BCUT2D eigenvalue weighted by Crippen LogP contribution is -2.62. The van der Waals surface area contributed by atoms with Gasteiger partial charge in [0.15, 0.2) is 17.2 Å². The minimum absolute atomic E-state index is 0.0304. The maximum atomic E-state index is 12.8. The second kappa shape index (κ2) is 6.80. The van der Waals surface area contributed by atoms with Gasteiger partial charge in [-0.15, -0.1) is 0 Å². The van der Waals surface area contributed by atoms with Crippen LogP contribution in [0.3, 0.4) is 0 Å². The number of ketones is 2. The van der Waals surface area contributed by atoms with Crippen LogP contribution < -0.4 is 0 Å². The Morgan fingerprint density at radius 2 is 2.00 bits per heavy atom. The third-order valence-corrected chi connectivity index (χ3v) is 8.95. The molecule has 8 nitrogen and oxygen atoms in total. The van der Waals surface area contributed by atoms with Crippen LogP contribution in [0.25, 0.3) is 0 Å². The van der Waals surface area contributed by atoms with Gasteiger partial charge in [0.05, 0.1) is 6.10 Å². The number of aliphatic hydroxyl groups is 2. The molecule has 0 heterocycles. The highest BCUT2D eigenvalue weighted by Gasteiger charge is 2.70. The van der Waals surface area contributed by atoms with Gasteiger partial charge < -0.3 is 10.2 Å². The van der Waals surface area contributed by atoms with Crippen molar-refractivity contribution in [3.8, 4) is 0 Å². The minimum atomic E-state index is -4.97. The van der Waals surface area contributed by atoms with Crippen LogP contribution in [0, 0.1) is 28.6 Å². The van der Waals surface area contributed by atoms with E-state index in [-0.39, 0.29) is 36.4 Å². The predicted octanol–water partition coefficient (Wildman–Crippen LogP) is 1.38. The Bertz CT molecular complexity index is 952. The summed E-state index contributed by atoms with van der Waals surface area (Å²) in [5, 5.41) is 20.8. The van der Waals surface area contributed by atoms with Gasteiger partial charge in [-0.3, -0.25) is 14.1 Å². The van der Waals surface area contributed by atoms with E-state index in [2.05, 4.69) is 0 Å². The maximum Gasteiger partial charge on any atom is 0.398 e. The second-order valence-electron chi connectivity index (χ2n) is 9.67. The Hall–Kier alpha value is -1.39. The summed E-state index contributed by atoms with van der Waals surface area (Å²) in [5.41, 5.74) is -2.49. The summed E-state index contributed by atoms with van der Waals surface area (Å²) in [6, 6.07) is 0. The molecule has 30 heavy (non-hydrogen) atoms. The molecule has 0 amide bonds. The van der Waals surface area contributed by atoms with Crippen LogP contribution in [0.2, 0.25) is 0 Å². The number of allylic oxidation sites excluding steroid dienone is 4. The van der Waals surface area contributed by atoms with Crippen molar-refractivity contribution >= 4 is 22.0 Å². The van der Waals surface area contributed by atoms with Crippen molar-refractivity contribution in [3.63, 3.8) is 0 Å². The molecule has 4 aliphatic rings. The van der Waals surface area contributed by atoms with Gasteiger partial charge in [0, 0.05) is 16.7 Å². The third-order valence-electron chi connectivity index (χ3n) is 8.46. The van der Waals surface area contributed by atoms with Gasteiger partial charge in [-0.25, -0.2) is 4.18 Å². The van der Waals surface area contributed by atoms with Gasteiger partial charge in [-0.2, -0.15) is 8.42 Å². The Morgan fingerprint density at radius 3 is 2.63 bits per heavy atom. The van der Waals surface area contributed by atoms with Gasteiger partial charge in [0.2, 0.25) is 0 Å². The van der Waals surface area contributed by atoms with Crippen LogP contribution in [-0.2, 0) is 24.2 Å². The van der Waals surface area contributed by atoms with E-state index in [0.717, 1.165) is 5.57 Å². The van der Waals surface area contributed by atoms with Crippen molar-refractivity contribution in [1.29, 1.82) is 0 Å². The maximum absolute atomic E-state index is 12.8. The number of aliphatic hydroxyl groups excluding tert-OH is 2. The molecular formula is C21H28O8S. The number of hydrogen-bond donors (Lipinski definition) is 3. The first-order chi connectivity index (χ1) is 13.9. The molecule has 3 N–H and O–H groups in total. The monoisotopic (exact) mass is 440 g/mol. The number of fused-ring (bicyclic) bond motifs is 5. The van der Waals surface area contributed by atoms with Crippen molar-refractivity contribution in [2.24, 2.45) is 28.6 Å². The van der Waals surface area contributed by atoms with Gasteiger partial charge in [0.1, 0.15) is 6.61 Å². The molecule has 4 rings (SSSR count). The fraction of sp³-hybridized carbons (Fsp3) is 0.714. The van der Waals surface area contributed by atoms with Gasteiger partial charge >= 0.3 is 10.4 Å². The van der Waals surface area contributed by atoms with E-state index >= 15 is 0 Å². The molecule has 3 fully saturated rings. The van der Waals surface area contributed by atoms with E-state index in [4.69, 9.17) is 4.18 Å². The van der Waals surface area contributed by atoms with Crippen molar-refractivity contribution in [2.45, 2.75) is 57.7 Å². The van der Waals surface area contributed by atoms with Crippen molar-refractivity contribution in [2.75, 3.05) is 6.61 Å². The molecule has 0 radical (unpaired) electrons. The SMILES string of the molecule is C[C@]12C=CC(=O)C=C1CC[C@@H]1[C@@H]2[C@@H](O)C[C@@]2(C)[C@H]1CC[C@]2(OS(=O)(=O)O)C(=O)CO. The third kappa shape index (κ3) is 2.90. The van der Waals surface area contributed by atoms with Crippen LogP contribution >= 0.6 is 0 Å². The van der Waals surface area contributed by atoms with Crippen LogP contribution in [0.15, 0.2) is 23.8 Å². The lowest BCUT2D eigenvalue weighted by atomic mass is 9.46. The summed E-state index contributed by atoms with van der Waals surface area (Å²) in [7, 11) is -4.97. The number of rotatable bonds is 4. The van der Waals surface area contributed by atoms with E-state index in [1.807, 2.05) is 13.0 Å². The predicted molar refractivity (Wildman–Crippen MR) is 105 cm³/mol.